The first-order valence-electron chi connectivity index (χ1n) is 8.94. The molecule has 0 saturated heterocycles. The third-order valence-corrected chi connectivity index (χ3v) is 5.17. The fourth-order valence-electron chi connectivity index (χ4n) is 3.24. The van der Waals surface area contributed by atoms with Crippen molar-refractivity contribution in [3.63, 3.8) is 0 Å². The standard InChI is InChI=1S/C21H23BrN2O2/c1-14-5-8-18(22)13-19(14)24-20(25)9-10-23-21(26)12-15-6-7-16-3-2-4-17(16)11-15/h5-8,11,13H,2-4,9-10,12H2,1H3,(H,23,26)(H,24,25). The maximum Gasteiger partial charge on any atom is 0.226 e. The maximum atomic E-state index is 12.1. The van der Waals surface area contributed by atoms with Gasteiger partial charge >= 0.3 is 0 Å². The summed E-state index contributed by atoms with van der Waals surface area (Å²) in [6, 6.07) is 12.1. The molecule has 0 atom stereocenters. The van der Waals surface area contributed by atoms with Gasteiger partial charge in [0.2, 0.25) is 11.8 Å². The fraction of sp³-hybridized carbons (Fsp3) is 0.333. The van der Waals surface area contributed by atoms with Crippen LogP contribution < -0.4 is 10.6 Å². The van der Waals surface area contributed by atoms with E-state index in [4.69, 9.17) is 0 Å². The zero-order valence-corrected chi connectivity index (χ0v) is 16.5. The predicted octanol–water partition coefficient (Wildman–Crippen LogP) is 3.93. The van der Waals surface area contributed by atoms with E-state index in [-0.39, 0.29) is 18.2 Å². The van der Waals surface area contributed by atoms with Crippen LogP contribution in [0.4, 0.5) is 5.69 Å². The third-order valence-electron chi connectivity index (χ3n) is 4.68. The average Bonchev–Trinajstić information content (AvgIpc) is 3.06. The molecule has 0 heterocycles. The molecule has 1 aliphatic rings. The van der Waals surface area contributed by atoms with E-state index in [0.717, 1.165) is 34.1 Å². The van der Waals surface area contributed by atoms with Gasteiger partial charge < -0.3 is 10.6 Å². The van der Waals surface area contributed by atoms with Crippen LogP contribution >= 0.6 is 15.9 Å². The first-order valence-corrected chi connectivity index (χ1v) is 9.74. The Kier molecular flexibility index (Phi) is 6.09. The second-order valence-corrected chi connectivity index (χ2v) is 7.66. The number of rotatable bonds is 6. The summed E-state index contributed by atoms with van der Waals surface area (Å²) in [5.74, 6) is -0.154. The summed E-state index contributed by atoms with van der Waals surface area (Å²) in [6.07, 6.45) is 4.08. The molecule has 26 heavy (non-hydrogen) atoms. The topological polar surface area (TPSA) is 58.2 Å². The zero-order chi connectivity index (χ0) is 18.5. The normalized spacial score (nSPS) is 12.5. The van der Waals surface area contributed by atoms with Crippen molar-refractivity contribution < 1.29 is 9.59 Å². The number of benzene rings is 2. The molecule has 0 fully saturated rings. The lowest BCUT2D eigenvalue weighted by molar-refractivity contribution is -0.120. The molecule has 0 aliphatic heterocycles. The lowest BCUT2D eigenvalue weighted by atomic mass is 10.0. The number of hydrogen-bond acceptors (Lipinski definition) is 2. The van der Waals surface area contributed by atoms with Crippen molar-refractivity contribution in [2.45, 2.75) is 39.0 Å². The van der Waals surface area contributed by atoms with Crippen molar-refractivity contribution >= 4 is 33.4 Å². The molecule has 1 aliphatic carbocycles. The summed E-state index contributed by atoms with van der Waals surface area (Å²) in [7, 11) is 0. The van der Waals surface area contributed by atoms with Gasteiger partial charge in [0.25, 0.3) is 0 Å². The van der Waals surface area contributed by atoms with Gasteiger partial charge in [-0.05, 0) is 60.6 Å². The molecule has 0 radical (unpaired) electrons. The quantitative estimate of drug-likeness (QED) is 0.751. The lowest BCUT2D eigenvalue weighted by Gasteiger charge is -2.10. The number of fused-ring (bicyclic) bond motifs is 1. The van der Waals surface area contributed by atoms with Gasteiger partial charge in [-0.15, -0.1) is 0 Å². The number of hydrogen-bond donors (Lipinski definition) is 2. The smallest absolute Gasteiger partial charge is 0.226 e. The van der Waals surface area contributed by atoms with Gasteiger partial charge in [-0.2, -0.15) is 0 Å². The van der Waals surface area contributed by atoms with Crippen molar-refractivity contribution in [2.24, 2.45) is 0 Å². The predicted molar refractivity (Wildman–Crippen MR) is 107 cm³/mol. The van der Waals surface area contributed by atoms with E-state index in [1.165, 1.54) is 17.5 Å². The second kappa shape index (κ2) is 8.49. The minimum absolute atomic E-state index is 0.0469. The molecule has 5 heteroatoms. The molecule has 3 rings (SSSR count). The average molecular weight is 415 g/mol. The largest absolute Gasteiger partial charge is 0.355 e. The lowest BCUT2D eigenvalue weighted by Crippen LogP contribution is -2.29. The molecule has 0 aromatic heterocycles. The molecule has 0 bridgehead atoms. The summed E-state index contributed by atoms with van der Waals surface area (Å²) < 4.78 is 0.918. The Bertz CT molecular complexity index is 833. The molecule has 2 aromatic rings. The van der Waals surface area contributed by atoms with Crippen molar-refractivity contribution in [3.05, 3.63) is 63.1 Å². The van der Waals surface area contributed by atoms with Gasteiger partial charge in [-0.25, -0.2) is 0 Å². The first kappa shape index (κ1) is 18.6. The van der Waals surface area contributed by atoms with Crippen LogP contribution in [0.15, 0.2) is 40.9 Å². The Hall–Kier alpha value is -2.14. The SMILES string of the molecule is Cc1ccc(Br)cc1NC(=O)CCNC(=O)Cc1ccc2c(c1)CCC2. The molecule has 4 nitrogen and oxygen atoms in total. The minimum Gasteiger partial charge on any atom is -0.355 e. The summed E-state index contributed by atoms with van der Waals surface area (Å²) >= 11 is 3.40. The van der Waals surface area contributed by atoms with Crippen LogP contribution in [0.3, 0.4) is 0 Å². The van der Waals surface area contributed by atoms with Gasteiger partial charge in [0.05, 0.1) is 6.42 Å². The highest BCUT2D eigenvalue weighted by Crippen LogP contribution is 2.23. The Morgan fingerprint density at radius 1 is 1.04 bits per heavy atom. The van der Waals surface area contributed by atoms with Crippen LogP contribution in [0.2, 0.25) is 0 Å². The molecular formula is C21H23BrN2O2. The third kappa shape index (κ3) is 4.94. The summed E-state index contributed by atoms with van der Waals surface area (Å²) in [5.41, 5.74) is 5.61. The second-order valence-electron chi connectivity index (χ2n) is 6.74. The molecule has 0 saturated carbocycles. The van der Waals surface area contributed by atoms with E-state index in [9.17, 15) is 9.59 Å². The first-order chi connectivity index (χ1) is 12.5. The molecule has 2 N–H and O–H groups in total. The number of anilines is 1. The minimum atomic E-state index is -0.107. The van der Waals surface area contributed by atoms with Crippen LogP contribution in [0.25, 0.3) is 0 Å². The van der Waals surface area contributed by atoms with Gasteiger partial charge in [0.1, 0.15) is 0 Å². The summed E-state index contributed by atoms with van der Waals surface area (Å²) in [6.45, 7) is 2.28. The van der Waals surface area contributed by atoms with Crippen LogP contribution in [-0.4, -0.2) is 18.4 Å². The number of amides is 2. The van der Waals surface area contributed by atoms with Crippen molar-refractivity contribution in [3.8, 4) is 0 Å². The van der Waals surface area contributed by atoms with Crippen LogP contribution in [0.5, 0.6) is 0 Å². The van der Waals surface area contributed by atoms with Crippen LogP contribution in [0, 0.1) is 6.92 Å². The Morgan fingerprint density at radius 2 is 1.85 bits per heavy atom. The molecule has 0 spiro atoms. The van der Waals surface area contributed by atoms with Gasteiger partial charge in [-0.1, -0.05) is 40.2 Å². The van der Waals surface area contributed by atoms with Crippen LogP contribution in [0.1, 0.15) is 35.1 Å². The van der Waals surface area contributed by atoms with Crippen molar-refractivity contribution in [1.29, 1.82) is 0 Å². The molecular weight excluding hydrogens is 392 g/mol. The number of carbonyl (C=O) groups is 2. The molecule has 0 unspecified atom stereocenters. The van der Waals surface area contributed by atoms with Gasteiger partial charge in [0.15, 0.2) is 0 Å². The van der Waals surface area contributed by atoms with E-state index < -0.39 is 0 Å². The van der Waals surface area contributed by atoms with Crippen LogP contribution in [-0.2, 0) is 28.9 Å². The Morgan fingerprint density at radius 3 is 2.69 bits per heavy atom. The van der Waals surface area contributed by atoms with E-state index in [1.807, 2.05) is 31.2 Å². The zero-order valence-electron chi connectivity index (χ0n) is 14.9. The molecule has 2 aromatic carbocycles. The number of nitrogens with one attached hydrogen (secondary N) is 2. The highest BCUT2D eigenvalue weighted by atomic mass is 79.9. The summed E-state index contributed by atoms with van der Waals surface area (Å²) in [5, 5.41) is 5.71. The Balaban J connectivity index is 1.43. The maximum absolute atomic E-state index is 12.1. The van der Waals surface area contributed by atoms with E-state index in [1.54, 1.807) is 0 Å². The number of halogens is 1. The van der Waals surface area contributed by atoms with E-state index in [0.29, 0.717) is 13.0 Å². The number of aryl methyl sites for hydroxylation is 3. The molecule has 136 valence electrons. The highest BCUT2D eigenvalue weighted by molar-refractivity contribution is 9.10. The van der Waals surface area contributed by atoms with Gasteiger partial charge in [0, 0.05) is 23.1 Å². The van der Waals surface area contributed by atoms with Crippen molar-refractivity contribution in [2.75, 3.05) is 11.9 Å². The summed E-state index contributed by atoms with van der Waals surface area (Å²) in [4.78, 5) is 24.2. The van der Waals surface area contributed by atoms with E-state index >= 15 is 0 Å². The fourth-order valence-corrected chi connectivity index (χ4v) is 3.60. The monoisotopic (exact) mass is 414 g/mol. The Labute approximate surface area is 162 Å². The number of carbonyl (C=O) groups excluding carboxylic acids is 2. The molecule has 2 amide bonds. The highest BCUT2D eigenvalue weighted by Gasteiger charge is 2.12. The van der Waals surface area contributed by atoms with Gasteiger partial charge in [-0.3, -0.25) is 9.59 Å². The van der Waals surface area contributed by atoms with Crippen molar-refractivity contribution in [1.82, 2.24) is 5.32 Å². The van der Waals surface area contributed by atoms with E-state index in [2.05, 4.69) is 38.7 Å².